The first kappa shape index (κ1) is 23.6. The number of guanidine groups is 1. The molecule has 0 aliphatic carbocycles. The van der Waals surface area contributed by atoms with E-state index in [4.69, 9.17) is 10.7 Å². The molecule has 2 aromatic rings. The summed E-state index contributed by atoms with van der Waals surface area (Å²) in [6.45, 7) is 6.55. The lowest BCUT2D eigenvalue weighted by molar-refractivity contribution is 0.100. The third kappa shape index (κ3) is 6.97. The van der Waals surface area contributed by atoms with Crippen molar-refractivity contribution in [2.45, 2.75) is 32.4 Å². The van der Waals surface area contributed by atoms with Crippen molar-refractivity contribution >= 4 is 47.2 Å². The van der Waals surface area contributed by atoms with Gasteiger partial charge in [-0.3, -0.25) is 9.69 Å². The Morgan fingerprint density at radius 3 is 2.52 bits per heavy atom. The number of amides is 1. The van der Waals surface area contributed by atoms with E-state index in [0.29, 0.717) is 18.2 Å². The van der Waals surface area contributed by atoms with E-state index >= 15 is 0 Å². The van der Waals surface area contributed by atoms with Crippen molar-refractivity contribution < 1.29 is 4.79 Å². The lowest BCUT2D eigenvalue weighted by atomic mass is 10.1. The minimum atomic E-state index is -0.411. The van der Waals surface area contributed by atoms with E-state index in [2.05, 4.69) is 40.0 Å². The Morgan fingerprint density at radius 2 is 1.93 bits per heavy atom. The molecule has 1 saturated heterocycles. The van der Waals surface area contributed by atoms with Crippen LogP contribution in [0.25, 0.3) is 0 Å². The molecule has 6 nitrogen and oxygen atoms in total. The number of carbonyl (C=O) groups excluding carboxylic acids is 1. The summed E-state index contributed by atoms with van der Waals surface area (Å²) in [5, 5.41) is 8.99. The zero-order valence-corrected chi connectivity index (χ0v) is 19.9. The predicted octanol–water partition coefficient (Wildman–Crippen LogP) is 3.36. The number of hydrogen-bond acceptors (Lipinski definition) is 4. The number of primary amides is 1. The van der Waals surface area contributed by atoms with Gasteiger partial charge in [0.1, 0.15) is 0 Å². The summed E-state index contributed by atoms with van der Waals surface area (Å²) in [5.41, 5.74) is 6.85. The zero-order chi connectivity index (χ0) is 19.8. The van der Waals surface area contributed by atoms with Crippen LogP contribution in [-0.2, 0) is 6.54 Å². The summed E-state index contributed by atoms with van der Waals surface area (Å²) in [6, 6.07) is 12.0. The summed E-state index contributed by atoms with van der Waals surface area (Å²) >= 11 is 1.82. The van der Waals surface area contributed by atoms with E-state index in [1.807, 2.05) is 23.5 Å². The van der Waals surface area contributed by atoms with Crippen LogP contribution >= 0.6 is 35.3 Å². The van der Waals surface area contributed by atoms with Gasteiger partial charge in [-0.15, -0.1) is 35.3 Å². The Labute approximate surface area is 194 Å². The number of carbonyl (C=O) groups is 1. The standard InChI is InChI=1S/C21H29N5OS.HI/c1-2-23-21(24-14-16-7-9-17(10-8-16)20(22)27)25-15-18(19-6-5-13-28-19)26-11-3-4-12-26;/h5-10,13,18H,2-4,11-12,14-15H2,1H3,(H2,22,27)(H2,23,24,25);1H. The number of halogens is 1. The fourth-order valence-electron chi connectivity index (χ4n) is 3.42. The molecule has 0 spiro atoms. The SMILES string of the molecule is CCNC(=NCc1ccc(C(N)=O)cc1)NCC(c1cccs1)N1CCCC1.I. The number of rotatable bonds is 8. The van der Waals surface area contributed by atoms with Crippen molar-refractivity contribution in [2.24, 2.45) is 10.7 Å². The Balaban J connectivity index is 0.00000300. The molecule has 1 unspecified atom stereocenters. The monoisotopic (exact) mass is 527 g/mol. The highest BCUT2D eigenvalue weighted by Gasteiger charge is 2.24. The minimum Gasteiger partial charge on any atom is -0.366 e. The molecular formula is C21H30IN5OS. The topological polar surface area (TPSA) is 82.7 Å². The lowest BCUT2D eigenvalue weighted by Crippen LogP contribution is -2.42. The quantitative estimate of drug-likeness (QED) is 0.280. The Kier molecular flexibility index (Phi) is 9.89. The zero-order valence-electron chi connectivity index (χ0n) is 16.8. The largest absolute Gasteiger partial charge is 0.366 e. The molecule has 0 bridgehead atoms. The average molecular weight is 527 g/mol. The van der Waals surface area contributed by atoms with E-state index < -0.39 is 5.91 Å². The molecule has 1 aromatic heterocycles. The van der Waals surface area contributed by atoms with Gasteiger partial charge >= 0.3 is 0 Å². The summed E-state index contributed by atoms with van der Waals surface area (Å²) in [4.78, 5) is 19.8. The molecule has 3 rings (SSSR count). The molecule has 1 amide bonds. The second kappa shape index (κ2) is 12.1. The van der Waals surface area contributed by atoms with Crippen LogP contribution in [0.1, 0.15) is 46.6 Å². The first-order valence-electron chi connectivity index (χ1n) is 9.85. The van der Waals surface area contributed by atoms with Crippen molar-refractivity contribution in [3.05, 3.63) is 57.8 Å². The molecular weight excluding hydrogens is 497 g/mol. The maximum absolute atomic E-state index is 11.2. The Hall–Kier alpha value is -1.65. The molecule has 1 aromatic carbocycles. The second-order valence-electron chi connectivity index (χ2n) is 6.91. The van der Waals surface area contributed by atoms with Gasteiger partial charge in [0, 0.05) is 23.5 Å². The predicted molar refractivity (Wildman–Crippen MR) is 131 cm³/mol. The first-order chi connectivity index (χ1) is 13.7. The number of thiophene rings is 1. The van der Waals surface area contributed by atoms with Crippen LogP contribution in [-0.4, -0.2) is 42.9 Å². The fraction of sp³-hybridized carbons (Fsp3) is 0.429. The smallest absolute Gasteiger partial charge is 0.248 e. The summed E-state index contributed by atoms with van der Waals surface area (Å²) in [6.07, 6.45) is 2.55. The van der Waals surface area contributed by atoms with Gasteiger partial charge in [-0.05, 0) is 62.0 Å². The summed E-state index contributed by atoms with van der Waals surface area (Å²) in [7, 11) is 0. The molecule has 2 heterocycles. The Bertz CT molecular complexity index is 773. The van der Waals surface area contributed by atoms with E-state index in [0.717, 1.165) is 37.7 Å². The molecule has 158 valence electrons. The molecule has 0 saturated carbocycles. The third-order valence-electron chi connectivity index (χ3n) is 4.92. The number of aliphatic imine (C=N–C) groups is 1. The van der Waals surface area contributed by atoms with E-state index in [1.54, 1.807) is 12.1 Å². The van der Waals surface area contributed by atoms with Gasteiger partial charge in [0.05, 0.1) is 12.6 Å². The maximum atomic E-state index is 11.2. The minimum absolute atomic E-state index is 0. The average Bonchev–Trinajstić information content (AvgIpc) is 3.41. The van der Waals surface area contributed by atoms with Crippen LogP contribution in [0.3, 0.4) is 0 Å². The molecule has 1 atom stereocenters. The van der Waals surface area contributed by atoms with Crippen molar-refractivity contribution in [3.8, 4) is 0 Å². The van der Waals surface area contributed by atoms with Gasteiger partial charge in [0.2, 0.25) is 5.91 Å². The van der Waals surface area contributed by atoms with Crippen LogP contribution in [0, 0.1) is 0 Å². The van der Waals surface area contributed by atoms with Crippen LogP contribution in [0.15, 0.2) is 46.8 Å². The van der Waals surface area contributed by atoms with E-state index in [9.17, 15) is 4.79 Å². The highest BCUT2D eigenvalue weighted by molar-refractivity contribution is 14.0. The molecule has 29 heavy (non-hydrogen) atoms. The van der Waals surface area contributed by atoms with Crippen LogP contribution in [0.2, 0.25) is 0 Å². The molecule has 1 aliphatic rings. The number of hydrogen-bond donors (Lipinski definition) is 3. The van der Waals surface area contributed by atoms with Crippen LogP contribution in [0.5, 0.6) is 0 Å². The van der Waals surface area contributed by atoms with E-state index in [-0.39, 0.29) is 24.0 Å². The fourth-order valence-corrected chi connectivity index (χ4v) is 4.28. The highest BCUT2D eigenvalue weighted by Crippen LogP contribution is 2.27. The third-order valence-corrected chi connectivity index (χ3v) is 5.89. The van der Waals surface area contributed by atoms with E-state index in [1.165, 1.54) is 17.7 Å². The van der Waals surface area contributed by atoms with Gasteiger partial charge in [-0.2, -0.15) is 0 Å². The van der Waals surface area contributed by atoms with Gasteiger partial charge in [-0.25, -0.2) is 4.99 Å². The normalized spacial score (nSPS) is 15.6. The van der Waals surface area contributed by atoms with Crippen molar-refractivity contribution in [1.82, 2.24) is 15.5 Å². The van der Waals surface area contributed by atoms with Crippen molar-refractivity contribution in [1.29, 1.82) is 0 Å². The van der Waals surface area contributed by atoms with Crippen molar-refractivity contribution in [2.75, 3.05) is 26.2 Å². The number of likely N-dealkylation sites (tertiary alicyclic amines) is 1. The van der Waals surface area contributed by atoms with Gasteiger partial charge in [0.25, 0.3) is 0 Å². The molecule has 1 aliphatic heterocycles. The number of benzene rings is 1. The number of nitrogens with zero attached hydrogens (tertiary/aromatic N) is 2. The second-order valence-corrected chi connectivity index (χ2v) is 7.89. The molecule has 4 N–H and O–H groups in total. The number of nitrogens with two attached hydrogens (primary N) is 1. The highest BCUT2D eigenvalue weighted by atomic mass is 127. The summed E-state index contributed by atoms with van der Waals surface area (Å²) in [5.74, 6) is 0.397. The van der Waals surface area contributed by atoms with Crippen LogP contribution in [0.4, 0.5) is 0 Å². The van der Waals surface area contributed by atoms with Gasteiger partial charge < -0.3 is 16.4 Å². The first-order valence-corrected chi connectivity index (χ1v) is 10.7. The van der Waals surface area contributed by atoms with Gasteiger partial charge in [0.15, 0.2) is 5.96 Å². The van der Waals surface area contributed by atoms with Crippen molar-refractivity contribution in [3.63, 3.8) is 0 Å². The molecule has 8 heteroatoms. The summed E-state index contributed by atoms with van der Waals surface area (Å²) < 4.78 is 0. The van der Waals surface area contributed by atoms with Gasteiger partial charge in [-0.1, -0.05) is 18.2 Å². The molecule has 0 radical (unpaired) electrons. The molecule has 1 fully saturated rings. The Morgan fingerprint density at radius 1 is 1.21 bits per heavy atom. The maximum Gasteiger partial charge on any atom is 0.248 e. The van der Waals surface area contributed by atoms with Crippen LogP contribution < -0.4 is 16.4 Å². The lowest BCUT2D eigenvalue weighted by Gasteiger charge is -2.27. The number of nitrogens with one attached hydrogen (secondary N) is 2.